The zero-order valence-corrected chi connectivity index (χ0v) is 15.2. The monoisotopic (exact) mass is 382 g/mol. The van der Waals surface area contributed by atoms with E-state index in [4.69, 9.17) is 16.7 Å². The molecule has 2 heterocycles. The Morgan fingerprint density at radius 2 is 2.20 bits per heavy atom. The van der Waals surface area contributed by atoms with Gasteiger partial charge in [0.2, 0.25) is 5.95 Å². The van der Waals surface area contributed by atoms with Gasteiger partial charge < -0.3 is 21.1 Å². The first-order chi connectivity index (χ1) is 12.0. The number of rotatable bonds is 5. The van der Waals surface area contributed by atoms with E-state index in [0.717, 1.165) is 30.0 Å². The van der Waals surface area contributed by atoms with Crippen molar-refractivity contribution >= 4 is 46.0 Å². The minimum atomic E-state index is -0.989. The van der Waals surface area contributed by atoms with Gasteiger partial charge in [-0.3, -0.25) is 0 Å². The summed E-state index contributed by atoms with van der Waals surface area (Å²) in [6.45, 7) is 1.92. The molecule has 2 aromatic heterocycles. The third-order valence-corrected chi connectivity index (χ3v) is 5.02. The molecule has 0 bridgehead atoms. The van der Waals surface area contributed by atoms with Crippen molar-refractivity contribution in [2.45, 2.75) is 44.7 Å². The van der Waals surface area contributed by atoms with Gasteiger partial charge in [0.25, 0.3) is 0 Å². The maximum Gasteiger partial charge on any atom is 0.404 e. The van der Waals surface area contributed by atoms with Crippen LogP contribution in [0.3, 0.4) is 0 Å². The van der Waals surface area contributed by atoms with Crippen LogP contribution in [-0.2, 0) is 0 Å². The first-order valence-corrected chi connectivity index (χ1v) is 9.13. The van der Waals surface area contributed by atoms with Gasteiger partial charge >= 0.3 is 6.09 Å². The van der Waals surface area contributed by atoms with Gasteiger partial charge in [0.05, 0.1) is 11.9 Å². The lowest BCUT2D eigenvalue weighted by Crippen LogP contribution is -2.41. The molecule has 1 aliphatic rings. The van der Waals surface area contributed by atoms with Gasteiger partial charge in [-0.15, -0.1) is 0 Å². The lowest BCUT2D eigenvalue weighted by molar-refractivity contribution is 0.185. The molecule has 3 rings (SSSR count). The summed E-state index contributed by atoms with van der Waals surface area (Å²) in [6, 6.07) is 1.97. The van der Waals surface area contributed by atoms with Crippen LogP contribution in [0.2, 0.25) is 5.02 Å². The van der Waals surface area contributed by atoms with Gasteiger partial charge in [-0.2, -0.15) is 9.36 Å². The fourth-order valence-electron chi connectivity index (χ4n) is 2.88. The largest absolute Gasteiger partial charge is 0.465 e. The number of aryl methyl sites for hydroxylation is 1. The standard InChI is InChI=1S/C15H19ClN6O2S/c1-8-5-12(25-22-8)20-14-17-7-11(16)13(21-14)18-9-3-2-4-10(6-9)19-15(23)24/h5,7,9-10,19H,2-4,6H2,1H3,(H,23,24)(H2,17,18,20,21). The maximum atomic E-state index is 10.8. The first kappa shape index (κ1) is 17.7. The van der Waals surface area contributed by atoms with Crippen molar-refractivity contribution in [1.29, 1.82) is 0 Å². The Kier molecular flexibility index (Phi) is 5.54. The Balaban J connectivity index is 1.67. The van der Waals surface area contributed by atoms with Crippen LogP contribution in [0.1, 0.15) is 31.4 Å². The molecule has 1 fully saturated rings. The van der Waals surface area contributed by atoms with Crippen LogP contribution in [0.4, 0.5) is 21.6 Å². The van der Waals surface area contributed by atoms with E-state index >= 15 is 0 Å². The van der Waals surface area contributed by atoms with Gasteiger partial charge in [-0.05, 0) is 50.2 Å². The van der Waals surface area contributed by atoms with Crippen molar-refractivity contribution in [2.75, 3.05) is 10.6 Å². The molecule has 134 valence electrons. The van der Waals surface area contributed by atoms with Crippen molar-refractivity contribution in [3.8, 4) is 0 Å². The normalized spacial score (nSPS) is 20.1. The Hall–Kier alpha value is -2.13. The fourth-order valence-corrected chi connectivity index (χ4v) is 3.68. The summed E-state index contributed by atoms with van der Waals surface area (Å²) in [5.41, 5.74) is 0.930. The van der Waals surface area contributed by atoms with E-state index in [0.29, 0.717) is 23.2 Å². The van der Waals surface area contributed by atoms with Crippen LogP contribution < -0.4 is 16.0 Å². The molecule has 25 heavy (non-hydrogen) atoms. The highest BCUT2D eigenvalue weighted by Gasteiger charge is 2.24. The smallest absolute Gasteiger partial charge is 0.404 e. The van der Waals surface area contributed by atoms with E-state index in [1.54, 1.807) is 6.20 Å². The summed E-state index contributed by atoms with van der Waals surface area (Å²) in [6.07, 6.45) is 3.98. The molecule has 0 radical (unpaired) electrons. The average Bonchev–Trinajstić information content (AvgIpc) is 2.95. The Labute approximate surface area is 154 Å². The second-order valence-electron chi connectivity index (χ2n) is 6.00. The predicted octanol–water partition coefficient (Wildman–Crippen LogP) is 3.63. The summed E-state index contributed by atoms with van der Waals surface area (Å²) in [4.78, 5) is 19.4. The zero-order chi connectivity index (χ0) is 17.8. The predicted molar refractivity (Wildman–Crippen MR) is 98.0 cm³/mol. The second-order valence-corrected chi connectivity index (χ2v) is 7.21. The van der Waals surface area contributed by atoms with Crippen LogP contribution >= 0.6 is 23.1 Å². The molecule has 0 aromatic carbocycles. The van der Waals surface area contributed by atoms with Crippen molar-refractivity contribution in [3.05, 3.63) is 23.0 Å². The molecule has 2 aromatic rings. The molecular formula is C15H19ClN6O2S. The Morgan fingerprint density at radius 1 is 1.40 bits per heavy atom. The van der Waals surface area contributed by atoms with Gasteiger partial charge in [0.1, 0.15) is 10.0 Å². The van der Waals surface area contributed by atoms with E-state index in [2.05, 4.69) is 30.3 Å². The van der Waals surface area contributed by atoms with Crippen LogP contribution in [0.5, 0.6) is 0 Å². The number of anilines is 3. The molecule has 10 heteroatoms. The number of halogens is 1. The Bertz CT molecular complexity index is 755. The van der Waals surface area contributed by atoms with Crippen molar-refractivity contribution < 1.29 is 9.90 Å². The van der Waals surface area contributed by atoms with Crippen LogP contribution in [0, 0.1) is 6.92 Å². The Morgan fingerprint density at radius 3 is 2.92 bits per heavy atom. The number of hydrogen-bond acceptors (Lipinski definition) is 7. The number of carboxylic acid groups (broad SMARTS) is 1. The summed E-state index contributed by atoms with van der Waals surface area (Å²) in [7, 11) is 0. The molecular weight excluding hydrogens is 364 g/mol. The number of carbonyl (C=O) groups is 1. The lowest BCUT2D eigenvalue weighted by Gasteiger charge is -2.30. The van der Waals surface area contributed by atoms with Gasteiger partial charge in [0.15, 0.2) is 5.82 Å². The summed E-state index contributed by atoms with van der Waals surface area (Å²) in [5, 5.41) is 19.1. The number of nitrogens with zero attached hydrogens (tertiary/aromatic N) is 3. The van der Waals surface area contributed by atoms with Crippen molar-refractivity contribution in [2.24, 2.45) is 0 Å². The van der Waals surface area contributed by atoms with E-state index in [9.17, 15) is 4.79 Å². The SMILES string of the molecule is Cc1cc(Nc2ncc(Cl)c(NC3CCCC(NC(=O)O)C3)n2)sn1. The second kappa shape index (κ2) is 7.83. The third kappa shape index (κ3) is 4.93. The average molecular weight is 383 g/mol. The molecule has 0 saturated heterocycles. The molecule has 0 spiro atoms. The molecule has 1 aliphatic carbocycles. The molecule has 1 saturated carbocycles. The van der Waals surface area contributed by atoms with E-state index in [-0.39, 0.29) is 12.1 Å². The number of hydrogen-bond donors (Lipinski definition) is 4. The number of aromatic nitrogens is 3. The van der Waals surface area contributed by atoms with Crippen LogP contribution in [-0.4, -0.2) is 37.6 Å². The number of amides is 1. The quantitative estimate of drug-likeness (QED) is 0.624. The third-order valence-electron chi connectivity index (χ3n) is 3.95. The van der Waals surface area contributed by atoms with Crippen molar-refractivity contribution in [1.82, 2.24) is 19.7 Å². The number of nitrogens with one attached hydrogen (secondary N) is 3. The molecule has 1 amide bonds. The molecule has 4 N–H and O–H groups in total. The van der Waals surface area contributed by atoms with E-state index < -0.39 is 6.09 Å². The highest BCUT2D eigenvalue weighted by Crippen LogP contribution is 2.27. The van der Waals surface area contributed by atoms with E-state index in [1.165, 1.54) is 11.5 Å². The molecule has 2 atom stereocenters. The van der Waals surface area contributed by atoms with Gasteiger partial charge in [-0.1, -0.05) is 11.6 Å². The summed E-state index contributed by atoms with van der Waals surface area (Å²) < 4.78 is 4.21. The fraction of sp³-hybridized carbons (Fsp3) is 0.467. The lowest BCUT2D eigenvalue weighted by atomic mass is 9.91. The summed E-state index contributed by atoms with van der Waals surface area (Å²) >= 11 is 7.55. The van der Waals surface area contributed by atoms with Crippen LogP contribution in [0.25, 0.3) is 0 Å². The minimum absolute atomic E-state index is 0.0536. The molecule has 0 aliphatic heterocycles. The van der Waals surface area contributed by atoms with Crippen molar-refractivity contribution in [3.63, 3.8) is 0 Å². The molecule has 2 unspecified atom stereocenters. The van der Waals surface area contributed by atoms with Gasteiger partial charge in [-0.25, -0.2) is 9.78 Å². The highest BCUT2D eigenvalue weighted by atomic mass is 35.5. The zero-order valence-electron chi connectivity index (χ0n) is 13.6. The topological polar surface area (TPSA) is 112 Å². The highest BCUT2D eigenvalue weighted by molar-refractivity contribution is 7.10. The van der Waals surface area contributed by atoms with Crippen LogP contribution in [0.15, 0.2) is 12.3 Å². The summed E-state index contributed by atoms with van der Waals surface area (Å²) in [5.74, 6) is 0.980. The van der Waals surface area contributed by atoms with E-state index in [1.807, 2.05) is 13.0 Å². The maximum absolute atomic E-state index is 10.8. The van der Waals surface area contributed by atoms with Gasteiger partial charge in [0, 0.05) is 12.1 Å². The molecule has 8 nitrogen and oxygen atoms in total. The first-order valence-electron chi connectivity index (χ1n) is 7.98. The minimum Gasteiger partial charge on any atom is -0.465 e.